The third kappa shape index (κ3) is 2.50. The van der Waals surface area contributed by atoms with E-state index >= 15 is 0 Å². The fraction of sp³-hybridized carbons (Fsp3) is 0.900. The van der Waals surface area contributed by atoms with Gasteiger partial charge in [-0.25, -0.2) is 0 Å². The summed E-state index contributed by atoms with van der Waals surface area (Å²) in [7, 11) is 0. The number of rotatable bonds is 3. The van der Waals surface area contributed by atoms with Gasteiger partial charge >= 0.3 is 0 Å². The molecule has 1 atom stereocenters. The molecule has 1 amide bonds. The van der Waals surface area contributed by atoms with Gasteiger partial charge in [-0.3, -0.25) is 4.79 Å². The number of nitrogens with zero attached hydrogens (tertiary/aromatic N) is 1. The molecular formula is C10H19NO. The summed E-state index contributed by atoms with van der Waals surface area (Å²) in [6, 6.07) is 0. The first-order valence-electron chi connectivity index (χ1n) is 5.01. The number of piperidine rings is 1. The van der Waals surface area contributed by atoms with Crippen LogP contribution in [0, 0.1) is 5.92 Å². The minimum absolute atomic E-state index is 0.363. The SMILES string of the molecule is CCC(C)CN1CCCCC1=O. The largest absolute Gasteiger partial charge is 0.342 e. The van der Waals surface area contributed by atoms with Crippen LogP contribution in [0.5, 0.6) is 0 Å². The molecular weight excluding hydrogens is 150 g/mol. The second kappa shape index (κ2) is 4.48. The Kier molecular flexibility index (Phi) is 3.57. The van der Waals surface area contributed by atoms with Crippen LogP contribution in [0.1, 0.15) is 39.5 Å². The van der Waals surface area contributed by atoms with E-state index in [1.807, 2.05) is 4.90 Å². The summed E-state index contributed by atoms with van der Waals surface area (Å²) in [6.07, 6.45) is 4.23. The van der Waals surface area contributed by atoms with Crippen molar-refractivity contribution in [2.45, 2.75) is 39.5 Å². The van der Waals surface area contributed by atoms with Gasteiger partial charge < -0.3 is 4.90 Å². The smallest absolute Gasteiger partial charge is 0.222 e. The Balaban J connectivity index is 2.34. The average molecular weight is 169 g/mol. The fourth-order valence-corrected chi connectivity index (χ4v) is 1.56. The van der Waals surface area contributed by atoms with E-state index in [4.69, 9.17) is 0 Å². The van der Waals surface area contributed by atoms with Crippen molar-refractivity contribution in [2.24, 2.45) is 5.92 Å². The van der Waals surface area contributed by atoms with Gasteiger partial charge in [-0.1, -0.05) is 20.3 Å². The molecule has 0 aromatic rings. The molecule has 1 aliphatic heterocycles. The summed E-state index contributed by atoms with van der Waals surface area (Å²) in [4.78, 5) is 13.4. The monoisotopic (exact) mass is 169 g/mol. The molecule has 1 unspecified atom stereocenters. The van der Waals surface area contributed by atoms with E-state index < -0.39 is 0 Å². The Bertz CT molecular complexity index is 156. The van der Waals surface area contributed by atoms with Crippen LogP contribution in [0.2, 0.25) is 0 Å². The van der Waals surface area contributed by atoms with Crippen LogP contribution in [-0.4, -0.2) is 23.9 Å². The molecule has 0 aliphatic carbocycles. The molecule has 0 saturated carbocycles. The molecule has 70 valence electrons. The highest BCUT2D eigenvalue weighted by Gasteiger charge is 2.18. The summed E-state index contributed by atoms with van der Waals surface area (Å²) in [5.41, 5.74) is 0. The van der Waals surface area contributed by atoms with Gasteiger partial charge in [0, 0.05) is 19.5 Å². The lowest BCUT2D eigenvalue weighted by Crippen LogP contribution is -2.38. The van der Waals surface area contributed by atoms with E-state index in [9.17, 15) is 4.79 Å². The lowest BCUT2D eigenvalue weighted by atomic mass is 10.1. The summed E-state index contributed by atoms with van der Waals surface area (Å²) >= 11 is 0. The Morgan fingerprint density at radius 3 is 2.83 bits per heavy atom. The molecule has 1 fully saturated rings. The van der Waals surface area contributed by atoms with Gasteiger partial charge in [-0.05, 0) is 18.8 Å². The van der Waals surface area contributed by atoms with Gasteiger partial charge in [0.15, 0.2) is 0 Å². The van der Waals surface area contributed by atoms with E-state index in [1.54, 1.807) is 0 Å². The number of carbonyl (C=O) groups is 1. The highest BCUT2D eigenvalue weighted by molar-refractivity contribution is 5.76. The molecule has 2 heteroatoms. The zero-order valence-corrected chi connectivity index (χ0v) is 8.18. The maximum absolute atomic E-state index is 11.4. The maximum atomic E-state index is 11.4. The highest BCUT2D eigenvalue weighted by atomic mass is 16.2. The number of hydrogen-bond donors (Lipinski definition) is 0. The Labute approximate surface area is 74.9 Å². The molecule has 0 N–H and O–H groups in total. The van der Waals surface area contributed by atoms with E-state index in [2.05, 4.69) is 13.8 Å². The summed E-state index contributed by atoms with van der Waals surface area (Å²) in [5.74, 6) is 1.02. The van der Waals surface area contributed by atoms with Gasteiger partial charge in [0.1, 0.15) is 0 Å². The number of amides is 1. The fourth-order valence-electron chi connectivity index (χ4n) is 1.56. The van der Waals surface area contributed by atoms with Crippen LogP contribution in [0.25, 0.3) is 0 Å². The third-order valence-corrected chi connectivity index (χ3v) is 2.65. The van der Waals surface area contributed by atoms with Crippen molar-refractivity contribution in [1.29, 1.82) is 0 Å². The Hall–Kier alpha value is -0.530. The summed E-state index contributed by atoms with van der Waals surface area (Å²) in [5, 5.41) is 0. The first-order chi connectivity index (χ1) is 5.74. The van der Waals surface area contributed by atoms with Crippen LogP contribution in [0.4, 0.5) is 0 Å². The average Bonchev–Trinajstić information content (AvgIpc) is 2.09. The van der Waals surface area contributed by atoms with E-state index in [-0.39, 0.29) is 0 Å². The van der Waals surface area contributed by atoms with Crippen molar-refractivity contribution in [3.63, 3.8) is 0 Å². The van der Waals surface area contributed by atoms with Crippen LogP contribution in [0.15, 0.2) is 0 Å². The van der Waals surface area contributed by atoms with Crippen LogP contribution >= 0.6 is 0 Å². The van der Waals surface area contributed by atoms with E-state index in [0.717, 1.165) is 25.9 Å². The van der Waals surface area contributed by atoms with Gasteiger partial charge in [0.25, 0.3) is 0 Å². The molecule has 0 spiro atoms. The topological polar surface area (TPSA) is 20.3 Å². The predicted molar refractivity (Wildman–Crippen MR) is 49.9 cm³/mol. The maximum Gasteiger partial charge on any atom is 0.222 e. The number of likely N-dealkylation sites (tertiary alicyclic amines) is 1. The van der Waals surface area contributed by atoms with Crippen molar-refractivity contribution in [3.8, 4) is 0 Å². The van der Waals surface area contributed by atoms with E-state index in [1.165, 1.54) is 12.8 Å². The van der Waals surface area contributed by atoms with E-state index in [0.29, 0.717) is 11.8 Å². The molecule has 1 rings (SSSR count). The van der Waals surface area contributed by atoms with Crippen LogP contribution in [0.3, 0.4) is 0 Å². The molecule has 0 aromatic carbocycles. The van der Waals surface area contributed by atoms with Gasteiger partial charge in [-0.2, -0.15) is 0 Å². The number of hydrogen-bond acceptors (Lipinski definition) is 1. The normalized spacial score (nSPS) is 21.2. The molecule has 2 nitrogen and oxygen atoms in total. The molecule has 1 saturated heterocycles. The molecule has 12 heavy (non-hydrogen) atoms. The lowest BCUT2D eigenvalue weighted by Gasteiger charge is -2.28. The quantitative estimate of drug-likeness (QED) is 0.633. The minimum atomic E-state index is 0.363. The van der Waals surface area contributed by atoms with Gasteiger partial charge in [0.2, 0.25) is 5.91 Å². The van der Waals surface area contributed by atoms with Crippen LogP contribution < -0.4 is 0 Å². The van der Waals surface area contributed by atoms with Crippen molar-refractivity contribution in [2.75, 3.05) is 13.1 Å². The van der Waals surface area contributed by atoms with Crippen molar-refractivity contribution < 1.29 is 4.79 Å². The summed E-state index contributed by atoms with van der Waals surface area (Å²) < 4.78 is 0. The Morgan fingerprint density at radius 2 is 2.25 bits per heavy atom. The van der Waals surface area contributed by atoms with Gasteiger partial charge in [-0.15, -0.1) is 0 Å². The molecule has 0 aromatic heterocycles. The minimum Gasteiger partial charge on any atom is -0.342 e. The molecule has 0 radical (unpaired) electrons. The molecule has 1 heterocycles. The first kappa shape index (κ1) is 9.56. The zero-order chi connectivity index (χ0) is 8.97. The molecule has 0 bridgehead atoms. The second-order valence-corrected chi connectivity index (χ2v) is 3.81. The Morgan fingerprint density at radius 1 is 1.50 bits per heavy atom. The standard InChI is InChI=1S/C10H19NO/c1-3-9(2)8-11-7-5-4-6-10(11)12/h9H,3-8H2,1-2H3. The third-order valence-electron chi connectivity index (χ3n) is 2.65. The second-order valence-electron chi connectivity index (χ2n) is 3.81. The van der Waals surface area contributed by atoms with Crippen LogP contribution in [-0.2, 0) is 4.79 Å². The first-order valence-corrected chi connectivity index (χ1v) is 5.01. The van der Waals surface area contributed by atoms with Crippen molar-refractivity contribution in [3.05, 3.63) is 0 Å². The van der Waals surface area contributed by atoms with Gasteiger partial charge in [0.05, 0.1) is 0 Å². The van der Waals surface area contributed by atoms with Crippen molar-refractivity contribution >= 4 is 5.91 Å². The zero-order valence-electron chi connectivity index (χ0n) is 8.18. The van der Waals surface area contributed by atoms with Crippen molar-refractivity contribution in [1.82, 2.24) is 4.90 Å². The lowest BCUT2D eigenvalue weighted by molar-refractivity contribution is -0.133. The number of carbonyl (C=O) groups excluding carboxylic acids is 1. The summed E-state index contributed by atoms with van der Waals surface area (Å²) in [6.45, 7) is 6.35. The highest BCUT2D eigenvalue weighted by Crippen LogP contribution is 2.13. The molecule has 1 aliphatic rings. The predicted octanol–water partition coefficient (Wildman–Crippen LogP) is 2.04.